The van der Waals surface area contributed by atoms with E-state index in [4.69, 9.17) is 0 Å². The van der Waals surface area contributed by atoms with E-state index in [0.29, 0.717) is 10.8 Å². The zero-order valence-electron chi connectivity index (χ0n) is 19.0. The summed E-state index contributed by atoms with van der Waals surface area (Å²) in [5, 5.41) is 0. The summed E-state index contributed by atoms with van der Waals surface area (Å²) in [6.07, 6.45) is 17.6. The molecule has 2 aliphatic carbocycles. The molecule has 0 aliphatic heterocycles. The Morgan fingerprint density at radius 3 is 1.00 bits per heavy atom. The minimum atomic E-state index is 0. The van der Waals surface area contributed by atoms with E-state index in [9.17, 15) is 0 Å². The second-order valence-electron chi connectivity index (χ2n) is 10.1. The van der Waals surface area contributed by atoms with E-state index in [1.165, 1.54) is 11.1 Å². The van der Waals surface area contributed by atoms with Crippen molar-refractivity contribution in [1.82, 2.24) is 0 Å². The maximum absolute atomic E-state index is 3.41. The Hall–Kier alpha value is 0.423. The molecule has 0 nitrogen and oxygen atoms in total. The van der Waals surface area contributed by atoms with Gasteiger partial charge in [-0.3, -0.25) is 12.2 Å². The molecule has 0 aromatic heterocycles. The van der Waals surface area contributed by atoms with Gasteiger partial charge in [-0.1, -0.05) is 69.2 Å². The topological polar surface area (TPSA) is 0 Å². The average molecular weight is 489 g/mol. The fraction of sp³-hybridized carbons (Fsp3) is 0.667. The maximum atomic E-state index is 3.41. The van der Waals surface area contributed by atoms with Gasteiger partial charge in [0.15, 0.2) is 0 Å². The molecule has 3 heteroatoms. The molecule has 0 amide bonds. The molecule has 0 aromatic carbocycles. The molecule has 0 N–H and O–H groups in total. The van der Waals surface area contributed by atoms with Gasteiger partial charge in [0.1, 0.15) is 0 Å². The minimum absolute atomic E-state index is 0. The van der Waals surface area contributed by atoms with Crippen LogP contribution in [0.1, 0.15) is 82.1 Å². The van der Waals surface area contributed by atoms with Crippen LogP contribution in [0.25, 0.3) is 0 Å². The van der Waals surface area contributed by atoms with Gasteiger partial charge < -0.3 is 24.8 Å². The van der Waals surface area contributed by atoms with Crippen LogP contribution >= 0.6 is 0 Å². The first-order valence-corrected chi connectivity index (χ1v) is 9.27. The van der Waals surface area contributed by atoms with Crippen molar-refractivity contribution in [3.05, 3.63) is 47.6 Å². The molecule has 0 atom stereocenters. The van der Waals surface area contributed by atoms with E-state index in [1.807, 2.05) is 0 Å². The molecule has 0 heterocycles. The molecular formula is C24H38Cl2Zr. The van der Waals surface area contributed by atoms with Crippen LogP contribution in [0.2, 0.25) is 0 Å². The second-order valence-corrected chi connectivity index (χ2v) is 10.1. The number of rotatable bonds is 2. The number of allylic oxidation sites excluding steroid dienone is 8. The van der Waals surface area contributed by atoms with Gasteiger partial charge in [-0.2, -0.15) is 12.2 Å². The Balaban J connectivity index is -0.000000384. The molecule has 0 unspecified atom stereocenters. The second kappa shape index (κ2) is 11.6. The monoisotopic (exact) mass is 486 g/mol. The van der Waals surface area contributed by atoms with Crippen LogP contribution in [0.4, 0.5) is 0 Å². The Labute approximate surface area is 201 Å². The van der Waals surface area contributed by atoms with Crippen molar-refractivity contribution in [2.75, 3.05) is 0 Å². The largest absolute Gasteiger partial charge is 4.00 e. The molecule has 0 aromatic rings. The van der Waals surface area contributed by atoms with Gasteiger partial charge in [0.25, 0.3) is 0 Å². The third-order valence-electron chi connectivity index (χ3n) is 6.49. The SMILES string of the molecule is CC(C)(C)C(C)(C)C1=[C-]CC=C1.CC(C)(C)C(C)(C)C1=[C-]CC=C1.[Cl-].[Cl-].[Zr+4]. The summed E-state index contributed by atoms with van der Waals surface area (Å²) < 4.78 is 0. The summed E-state index contributed by atoms with van der Waals surface area (Å²) in [6, 6.07) is 0. The number of halogens is 2. The first kappa shape index (κ1) is 32.1. The predicted molar refractivity (Wildman–Crippen MR) is 107 cm³/mol. The summed E-state index contributed by atoms with van der Waals surface area (Å²) in [4.78, 5) is 0. The predicted octanol–water partition coefficient (Wildman–Crippen LogP) is 1.50. The summed E-state index contributed by atoms with van der Waals surface area (Å²) >= 11 is 0. The molecular weight excluding hydrogens is 450 g/mol. The fourth-order valence-corrected chi connectivity index (χ4v) is 2.48. The van der Waals surface area contributed by atoms with Gasteiger partial charge in [-0.05, 0) is 21.7 Å². The van der Waals surface area contributed by atoms with E-state index in [1.54, 1.807) is 0 Å². The molecule has 0 saturated carbocycles. The third-order valence-corrected chi connectivity index (χ3v) is 6.49. The maximum Gasteiger partial charge on any atom is 4.00 e. The van der Waals surface area contributed by atoms with Gasteiger partial charge >= 0.3 is 26.2 Å². The quantitative estimate of drug-likeness (QED) is 0.517. The third kappa shape index (κ3) is 7.99. The number of hydrogen-bond donors (Lipinski definition) is 0. The van der Waals surface area contributed by atoms with Crippen LogP contribution in [-0.2, 0) is 26.2 Å². The van der Waals surface area contributed by atoms with Gasteiger partial charge in [0, 0.05) is 0 Å². The summed E-state index contributed by atoms with van der Waals surface area (Å²) in [6.45, 7) is 22.9. The molecule has 0 fully saturated rings. The molecule has 2 rings (SSSR count). The first-order valence-electron chi connectivity index (χ1n) is 9.27. The summed E-state index contributed by atoms with van der Waals surface area (Å²) in [5.41, 5.74) is 3.83. The summed E-state index contributed by atoms with van der Waals surface area (Å²) in [5.74, 6) is 0. The standard InChI is InChI=1S/2C12H19.2ClH.Zr/c2*1-11(2,3)12(4,5)10-8-6-7-9-10;;;/h2*6,8H,7H2,1-5H3;2*1H;/q2*-1;;;+4/p-2. The van der Waals surface area contributed by atoms with E-state index in [2.05, 4.69) is 106 Å². The van der Waals surface area contributed by atoms with Crippen molar-refractivity contribution in [3.8, 4) is 0 Å². The zero-order valence-corrected chi connectivity index (χ0v) is 22.9. The molecule has 0 saturated heterocycles. The molecule has 27 heavy (non-hydrogen) atoms. The normalized spacial score (nSPS) is 16.2. The van der Waals surface area contributed by atoms with Crippen molar-refractivity contribution in [1.29, 1.82) is 0 Å². The Bertz CT molecular complexity index is 510. The summed E-state index contributed by atoms with van der Waals surface area (Å²) in [7, 11) is 0. The van der Waals surface area contributed by atoms with Gasteiger partial charge in [0.2, 0.25) is 0 Å². The number of hydrogen-bond acceptors (Lipinski definition) is 0. The van der Waals surface area contributed by atoms with Crippen LogP contribution in [0.15, 0.2) is 35.5 Å². The Morgan fingerprint density at radius 2 is 0.852 bits per heavy atom. The van der Waals surface area contributed by atoms with Crippen LogP contribution in [0, 0.1) is 33.8 Å². The van der Waals surface area contributed by atoms with Crippen molar-refractivity contribution in [2.45, 2.75) is 82.1 Å². The van der Waals surface area contributed by atoms with E-state index in [0.717, 1.165) is 12.8 Å². The van der Waals surface area contributed by atoms with E-state index < -0.39 is 0 Å². The van der Waals surface area contributed by atoms with Gasteiger partial charge in [-0.25, -0.2) is 23.3 Å². The smallest absolute Gasteiger partial charge is 1.00 e. The minimum Gasteiger partial charge on any atom is -1.00 e. The van der Waals surface area contributed by atoms with Crippen LogP contribution < -0.4 is 24.8 Å². The van der Waals surface area contributed by atoms with Gasteiger partial charge in [-0.15, -0.1) is 12.8 Å². The molecule has 0 bridgehead atoms. The Morgan fingerprint density at radius 1 is 0.593 bits per heavy atom. The van der Waals surface area contributed by atoms with Gasteiger partial charge in [0.05, 0.1) is 0 Å². The Kier molecular flexibility index (Phi) is 13.8. The van der Waals surface area contributed by atoms with Crippen LogP contribution in [0.5, 0.6) is 0 Å². The van der Waals surface area contributed by atoms with Crippen LogP contribution in [-0.4, -0.2) is 0 Å². The van der Waals surface area contributed by atoms with Crippen LogP contribution in [0.3, 0.4) is 0 Å². The molecule has 152 valence electrons. The van der Waals surface area contributed by atoms with Crippen molar-refractivity contribution in [2.24, 2.45) is 21.7 Å². The fourth-order valence-electron chi connectivity index (χ4n) is 2.48. The van der Waals surface area contributed by atoms with E-state index in [-0.39, 0.29) is 61.8 Å². The average Bonchev–Trinajstić information content (AvgIpc) is 3.11. The first-order chi connectivity index (χ1) is 10.7. The van der Waals surface area contributed by atoms with Crippen molar-refractivity contribution < 1.29 is 51.0 Å². The molecule has 2 aliphatic rings. The van der Waals surface area contributed by atoms with Crippen molar-refractivity contribution >= 4 is 0 Å². The molecule has 0 spiro atoms. The van der Waals surface area contributed by atoms with E-state index >= 15 is 0 Å². The van der Waals surface area contributed by atoms with Crippen molar-refractivity contribution in [3.63, 3.8) is 0 Å². The molecule has 0 radical (unpaired) electrons. The zero-order chi connectivity index (χ0) is 18.8.